The lowest BCUT2D eigenvalue weighted by Crippen LogP contribution is -2.52. The number of esters is 2. The maximum atomic E-state index is 13.3. The fourth-order valence-corrected chi connectivity index (χ4v) is 4.32. The Morgan fingerprint density at radius 2 is 1.60 bits per heavy atom. The molecule has 156 valence electrons. The first-order chi connectivity index (χ1) is 14.2. The normalized spacial score (nSPS) is 28.8. The van der Waals surface area contributed by atoms with E-state index in [1.165, 1.54) is 37.3 Å². The third-order valence-corrected chi connectivity index (χ3v) is 5.52. The number of carbonyl (C=O) groups excluding carboxylic acids is 5. The average molecular weight is 413 g/mol. The highest BCUT2D eigenvalue weighted by atomic mass is 16.7. The van der Waals surface area contributed by atoms with Crippen LogP contribution in [0.2, 0.25) is 0 Å². The van der Waals surface area contributed by atoms with Crippen molar-refractivity contribution >= 4 is 35.2 Å². The molecular weight excluding hydrogens is 394 g/mol. The second kappa shape index (κ2) is 6.88. The molecule has 0 N–H and O–H groups in total. The molecule has 2 amide bonds. The molecule has 1 aromatic carbocycles. The van der Waals surface area contributed by atoms with Crippen molar-refractivity contribution in [2.45, 2.75) is 38.8 Å². The van der Waals surface area contributed by atoms with E-state index in [-0.39, 0.29) is 5.78 Å². The minimum Gasteiger partial charge on any atom is -0.422 e. The zero-order chi connectivity index (χ0) is 21.8. The van der Waals surface area contributed by atoms with Crippen LogP contribution in [0, 0.1) is 11.8 Å². The van der Waals surface area contributed by atoms with Crippen molar-refractivity contribution in [3.05, 3.63) is 42.0 Å². The summed E-state index contributed by atoms with van der Waals surface area (Å²) >= 11 is 0. The molecule has 0 saturated carbocycles. The average Bonchev–Trinajstić information content (AvgIpc) is 3.32. The lowest BCUT2D eigenvalue weighted by atomic mass is 9.76. The van der Waals surface area contributed by atoms with Crippen LogP contribution in [-0.2, 0) is 33.4 Å². The first-order valence-corrected chi connectivity index (χ1v) is 9.36. The maximum absolute atomic E-state index is 13.3. The van der Waals surface area contributed by atoms with Gasteiger partial charge in [0.1, 0.15) is 0 Å². The maximum Gasteiger partial charge on any atom is 0.305 e. The van der Waals surface area contributed by atoms with Gasteiger partial charge in [-0.05, 0) is 37.3 Å². The Balaban J connectivity index is 1.71. The van der Waals surface area contributed by atoms with E-state index in [4.69, 9.17) is 14.2 Å². The number of benzene rings is 1. The number of fused-ring (bicyclic) bond motifs is 5. The van der Waals surface area contributed by atoms with Crippen LogP contribution >= 0.6 is 0 Å². The van der Waals surface area contributed by atoms with E-state index in [2.05, 4.69) is 0 Å². The van der Waals surface area contributed by atoms with Crippen molar-refractivity contribution < 1.29 is 38.2 Å². The Kier molecular flexibility index (Phi) is 4.58. The number of rotatable bonds is 5. The van der Waals surface area contributed by atoms with Crippen LogP contribution in [-0.4, -0.2) is 47.5 Å². The smallest absolute Gasteiger partial charge is 0.305 e. The molecule has 3 aliphatic heterocycles. The second-order valence-corrected chi connectivity index (χ2v) is 7.46. The lowest BCUT2D eigenvalue weighted by Gasteiger charge is -2.34. The van der Waals surface area contributed by atoms with Crippen molar-refractivity contribution in [2.75, 3.05) is 4.90 Å². The largest absolute Gasteiger partial charge is 0.422 e. The van der Waals surface area contributed by atoms with Gasteiger partial charge in [0, 0.05) is 19.4 Å². The van der Waals surface area contributed by atoms with Gasteiger partial charge in [0.15, 0.2) is 11.4 Å². The third-order valence-electron chi connectivity index (χ3n) is 5.52. The van der Waals surface area contributed by atoms with Crippen LogP contribution in [0.25, 0.3) is 0 Å². The predicted molar refractivity (Wildman–Crippen MR) is 100.0 cm³/mol. The molecule has 0 aliphatic carbocycles. The Morgan fingerprint density at radius 3 is 2.13 bits per heavy atom. The van der Waals surface area contributed by atoms with Crippen LogP contribution in [0.5, 0.6) is 0 Å². The van der Waals surface area contributed by atoms with Gasteiger partial charge in [0.25, 0.3) is 6.29 Å². The molecule has 2 bridgehead atoms. The first kappa shape index (κ1) is 20.0. The van der Waals surface area contributed by atoms with Gasteiger partial charge in [-0.1, -0.05) is 6.08 Å². The summed E-state index contributed by atoms with van der Waals surface area (Å²) in [5.41, 5.74) is -0.826. The predicted octanol–water partition coefficient (Wildman–Crippen LogP) is 1.15. The molecule has 30 heavy (non-hydrogen) atoms. The molecule has 0 radical (unpaired) electrons. The summed E-state index contributed by atoms with van der Waals surface area (Å²) in [6.07, 6.45) is 0.888. The molecule has 0 aromatic heterocycles. The van der Waals surface area contributed by atoms with E-state index in [1.807, 2.05) is 0 Å². The molecule has 0 spiro atoms. The topological polar surface area (TPSA) is 116 Å². The summed E-state index contributed by atoms with van der Waals surface area (Å²) in [7, 11) is 0. The molecule has 9 nitrogen and oxygen atoms in total. The molecule has 4 rings (SSSR count). The number of anilines is 1. The zero-order valence-electron chi connectivity index (χ0n) is 16.5. The van der Waals surface area contributed by atoms with Crippen LogP contribution in [0.1, 0.15) is 31.1 Å². The summed E-state index contributed by atoms with van der Waals surface area (Å²) in [5.74, 6) is -4.50. The first-order valence-electron chi connectivity index (χ1n) is 9.36. The van der Waals surface area contributed by atoms with E-state index in [0.717, 1.165) is 18.7 Å². The van der Waals surface area contributed by atoms with E-state index in [1.54, 1.807) is 6.08 Å². The van der Waals surface area contributed by atoms with Crippen molar-refractivity contribution in [3.8, 4) is 0 Å². The lowest BCUT2D eigenvalue weighted by molar-refractivity contribution is -0.226. The van der Waals surface area contributed by atoms with Gasteiger partial charge in [-0.15, -0.1) is 0 Å². The molecular formula is C21H19NO8. The Hall–Kier alpha value is -3.33. The van der Waals surface area contributed by atoms with E-state index in [9.17, 15) is 24.0 Å². The summed E-state index contributed by atoms with van der Waals surface area (Å²) in [6.45, 7) is 3.70. The molecule has 1 aromatic rings. The van der Waals surface area contributed by atoms with Crippen molar-refractivity contribution in [3.63, 3.8) is 0 Å². The number of hydrogen-bond donors (Lipinski definition) is 0. The molecule has 4 atom stereocenters. The monoisotopic (exact) mass is 413 g/mol. The number of ketones is 1. The highest BCUT2D eigenvalue weighted by Crippen LogP contribution is 2.54. The molecule has 0 unspecified atom stereocenters. The minimum absolute atomic E-state index is 0.141. The Morgan fingerprint density at radius 1 is 1.00 bits per heavy atom. The third kappa shape index (κ3) is 2.85. The molecule has 2 saturated heterocycles. The fraction of sp³-hybridized carbons (Fsp3) is 0.381. The van der Waals surface area contributed by atoms with Crippen molar-refractivity contribution in [2.24, 2.45) is 11.8 Å². The van der Waals surface area contributed by atoms with Gasteiger partial charge in [-0.2, -0.15) is 0 Å². The standard InChI is InChI=1S/C21H19NO8/c1-10(23)13-4-6-14(7-5-13)22-18(26)16-15-8-9-21(30-15,17(16)19(22)27)20(28-11(2)24)29-12(3)25/h4-9,15-17,20H,1-3H3/t15-,16-,17+,21+/m0/s1. The van der Waals surface area contributed by atoms with Gasteiger partial charge in [0.05, 0.1) is 23.6 Å². The second-order valence-electron chi connectivity index (χ2n) is 7.46. The van der Waals surface area contributed by atoms with Crippen molar-refractivity contribution in [1.82, 2.24) is 0 Å². The molecule has 9 heteroatoms. The summed E-state index contributed by atoms with van der Waals surface area (Å²) in [4.78, 5) is 62.2. The zero-order valence-corrected chi connectivity index (χ0v) is 16.5. The number of carbonyl (C=O) groups is 5. The van der Waals surface area contributed by atoms with Gasteiger partial charge < -0.3 is 14.2 Å². The van der Waals surface area contributed by atoms with Gasteiger partial charge in [0.2, 0.25) is 11.8 Å². The molecule has 3 aliphatic rings. The van der Waals surface area contributed by atoms with Crippen LogP contribution in [0.4, 0.5) is 5.69 Å². The molecule has 3 heterocycles. The number of amides is 2. The molecule has 2 fully saturated rings. The van der Waals surface area contributed by atoms with E-state index in [0.29, 0.717) is 11.3 Å². The minimum atomic E-state index is -1.59. The summed E-state index contributed by atoms with van der Waals surface area (Å²) in [6, 6.07) is 6.11. The SMILES string of the molecule is CC(=O)OC(OC(C)=O)[C@]12C=C[C@H](O1)[C@@H]1C(=O)N(c3ccc(C(C)=O)cc3)C(=O)[C@@H]12. The van der Waals surface area contributed by atoms with E-state index >= 15 is 0 Å². The highest BCUT2D eigenvalue weighted by Gasteiger charge is 2.72. The quantitative estimate of drug-likeness (QED) is 0.232. The van der Waals surface area contributed by atoms with E-state index < -0.39 is 53.6 Å². The summed E-state index contributed by atoms with van der Waals surface area (Å²) in [5, 5.41) is 0. The Labute approximate surface area is 171 Å². The van der Waals surface area contributed by atoms with Gasteiger partial charge >= 0.3 is 11.9 Å². The number of imide groups is 1. The van der Waals surface area contributed by atoms with Crippen molar-refractivity contribution in [1.29, 1.82) is 0 Å². The number of nitrogens with zero attached hydrogens (tertiary/aromatic N) is 1. The number of hydrogen-bond acceptors (Lipinski definition) is 8. The van der Waals surface area contributed by atoms with Crippen LogP contribution < -0.4 is 4.90 Å². The van der Waals surface area contributed by atoms with Crippen LogP contribution in [0.15, 0.2) is 36.4 Å². The Bertz CT molecular complexity index is 981. The highest BCUT2D eigenvalue weighted by molar-refractivity contribution is 6.23. The number of ether oxygens (including phenoxy) is 3. The summed E-state index contributed by atoms with van der Waals surface area (Å²) < 4.78 is 16.2. The van der Waals surface area contributed by atoms with Gasteiger partial charge in [-0.3, -0.25) is 24.0 Å². The van der Waals surface area contributed by atoms with Gasteiger partial charge in [-0.25, -0.2) is 4.90 Å². The number of Topliss-reactive ketones (excluding diaryl/α,β-unsaturated/α-hetero) is 1. The fourth-order valence-electron chi connectivity index (χ4n) is 4.32. The van der Waals surface area contributed by atoms with Crippen LogP contribution in [0.3, 0.4) is 0 Å².